The molecule has 4 nitrogen and oxygen atoms in total. The van der Waals surface area contributed by atoms with Gasteiger partial charge in [0, 0.05) is 0 Å². The third-order valence-corrected chi connectivity index (χ3v) is 11.4. The molecule has 0 spiro atoms. The van der Waals surface area contributed by atoms with Crippen molar-refractivity contribution in [1.29, 1.82) is 0 Å². The second kappa shape index (κ2) is 7.39. The molecule has 0 amide bonds. The lowest BCUT2D eigenvalue weighted by molar-refractivity contribution is -0.169. The van der Waals surface area contributed by atoms with Crippen molar-refractivity contribution in [2.45, 2.75) is 69.7 Å². The number of ether oxygens (including phenoxy) is 2. The second-order valence-electron chi connectivity index (χ2n) is 10.5. The molecular weight excluding hydrogens is 404 g/mol. The van der Waals surface area contributed by atoms with Crippen molar-refractivity contribution >= 4 is 18.7 Å². The van der Waals surface area contributed by atoms with Crippen LogP contribution in [-0.4, -0.2) is 43.1 Å². The van der Waals surface area contributed by atoms with E-state index in [-0.39, 0.29) is 5.04 Å². The molecule has 0 bridgehead atoms. The second-order valence-corrected chi connectivity index (χ2v) is 14.8. The molecule has 3 atom stereocenters. The summed E-state index contributed by atoms with van der Waals surface area (Å²) < 4.78 is 19.7. The van der Waals surface area contributed by atoms with Crippen LogP contribution in [0, 0.1) is 0 Å². The average molecular weight is 439 g/mol. The lowest BCUT2D eigenvalue weighted by atomic mass is 9.94. The topological polar surface area (TPSA) is 47.9 Å². The number of benzene rings is 2. The van der Waals surface area contributed by atoms with Crippen LogP contribution in [0.15, 0.2) is 72.8 Å². The number of rotatable bonds is 5. The van der Waals surface area contributed by atoms with Crippen molar-refractivity contribution < 1.29 is 19.0 Å². The standard InChI is InChI=1S/C26H34O4Si/c1-23(2,3)31(20-13-9-7-10-14-20,21-15-11-8-12-16-21)28-19-26-18-17-25(6,27)22(26)29-24(4,5)30-26/h7-18,22,27H,19H2,1-6H3/t22-,25-,26-/m0/s1. The molecule has 5 heteroatoms. The fraction of sp³-hybridized carbons (Fsp3) is 0.462. The summed E-state index contributed by atoms with van der Waals surface area (Å²) in [6.45, 7) is 12.6. The van der Waals surface area contributed by atoms with Gasteiger partial charge in [-0.3, -0.25) is 0 Å². The van der Waals surface area contributed by atoms with Crippen molar-refractivity contribution in [3.63, 3.8) is 0 Å². The van der Waals surface area contributed by atoms with Gasteiger partial charge in [-0.25, -0.2) is 0 Å². The van der Waals surface area contributed by atoms with Gasteiger partial charge in [0.25, 0.3) is 8.32 Å². The van der Waals surface area contributed by atoms with Gasteiger partial charge < -0.3 is 19.0 Å². The third kappa shape index (κ3) is 3.72. The average Bonchev–Trinajstić information content (AvgIpc) is 3.11. The van der Waals surface area contributed by atoms with E-state index in [1.54, 1.807) is 13.0 Å². The van der Waals surface area contributed by atoms with Crippen molar-refractivity contribution in [2.24, 2.45) is 0 Å². The van der Waals surface area contributed by atoms with Gasteiger partial charge in [0.05, 0.1) is 6.61 Å². The zero-order valence-corrected chi connectivity index (χ0v) is 20.4. The largest absolute Gasteiger partial charge is 0.404 e. The number of aliphatic hydroxyl groups is 1. The van der Waals surface area contributed by atoms with Gasteiger partial charge in [-0.05, 0) is 42.3 Å². The highest BCUT2D eigenvalue weighted by Crippen LogP contribution is 2.48. The summed E-state index contributed by atoms with van der Waals surface area (Å²) in [5, 5.41) is 13.2. The Morgan fingerprint density at radius 2 is 1.42 bits per heavy atom. The predicted octanol–water partition coefficient (Wildman–Crippen LogP) is 3.77. The van der Waals surface area contributed by atoms with Crippen LogP contribution >= 0.6 is 0 Å². The summed E-state index contributed by atoms with van der Waals surface area (Å²) in [6, 6.07) is 21.1. The Balaban J connectivity index is 1.81. The number of hydrogen-bond donors (Lipinski definition) is 1. The Bertz CT molecular complexity index is 907. The Labute approximate surface area is 187 Å². The maximum atomic E-state index is 10.9. The van der Waals surface area contributed by atoms with Gasteiger partial charge in [0.15, 0.2) is 5.79 Å². The summed E-state index contributed by atoms with van der Waals surface area (Å²) in [4.78, 5) is 0. The van der Waals surface area contributed by atoms with E-state index in [0.717, 1.165) is 0 Å². The zero-order valence-electron chi connectivity index (χ0n) is 19.4. The van der Waals surface area contributed by atoms with Crippen LogP contribution in [0.5, 0.6) is 0 Å². The molecule has 31 heavy (non-hydrogen) atoms. The predicted molar refractivity (Wildman–Crippen MR) is 126 cm³/mol. The Hall–Kier alpha value is -1.76. The van der Waals surface area contributed by atoms with E-state index in [9.17, 15) is 5.11 Å². The Morgan fingerprint density at radius 1 is 0.903 bits per heavy atom. The molecule has 1 heterocycles. The molecule has 1 aliphatic carbocycles. The lowest BCUT2D eigenvalue weighted by Crippen LogP contribution is -2.68. The summed E-state index contributed by atoms with van der Waals surface area (Å²) in [6.07, 6.45) is 3.19. The van der Waals surface area contributed by atoms with E-state index < -0.39 is 31.4 Å². The minimum Gasteiger partial charge on any atom is -0.404 e. The molecule has 0 unspecified atom stereocenters. The zero-order chi connectivity index (χ0) is 22.5. The summed E-state index contributed by atoms with van der Waals surface area (Å²) >= 11 is 0. The third-order valence-electron chi connectivity index (χ3n) is 6.45. The maximum absolute atomic E-state index is 10.9. The van der Waals surface area contributed by atoms with Gasteiger partial charge >= 0.3 is 0 Å². The Kier molecular flexibility index (Phi) is 5.35. The highest BCUT2D eigenvalue weighted by molar-refractivity contribution is 6.99. The molecule has 0 aromatic heterocycles. The summed E-state index contributed by atoms with van der Waals surface area (Å²) in [5.74, 6) is -0.797. The highest BCUT2D eigenvalue weighted by atomic mass is 28.4. The van der Waals surface area contributed by atoms with Crippen LogP contribution < -0.4 is 10.4 Å². The van der Waals surface area contributed by atoms with Gasteiger partial charge in [-0.1, -0.05) is 87.5 Å². The van der Waals surface area contributed by atoms with Crippen molar-refractivity contribution in [3.8, 4) is 0 Å². The van der Waals surface area contributed by atoms with Gasteiger partial charge in [0.2, 0.25) is 0 Å². The van der Waals surface area contributed by atoms with Gasteiger partial charge in [-0.2, -0.15) is 0 Å². The molecule has 0 saturated carbocycles. The van der Waals surface area contributed by atoms with Crippen LogP contribution in [-0.2, 0) is 13.9 Å². The minimum atomic E-state index is -2.73. The van der Waals surface area contributed by atoms with E-state index in [0.29, 0.717) is 6.61 Å². The first-order valence-electron chi connectivity index (χ1n) is 11.0. The SMILES string of the molecule is CC1(C)O[C@H]2[C@@](C)(O)C=C[C@@]2(CO[Si](c2ccccc2)(c2ccccc2)C(C)(C)C)O1. The molecule has 2 aliphatic rings. The first-order chi connectivity index (χ1) is 14.4. The van der Waals surface area contributed by atoms with Crippen LogP contribution in [0.2, 0.25) is 5.04 Å². The van der Waals surface area contributed by atoms with Gasteiger partial charge in [0.1, 0.15) is 17.3 Å². The first-order valence-corrected chi connectivity index (χ1v) is 12.9. The summed E-state index contributed by atoms with van der Waals surface area (Å²) in [7, 11) is -2.73. The fourth-order valence-corrected chi connectivity index (χ4v) is 9.78. The van der Waals surface area contributed by atoms with Gasteiger partial charge in [-0.15, -0.1) is 0 Å². The van der Waals surface area contributed by atoms with Crippen molar-refractivity contribution in [3.05, 3.63) is 72.8 Å². The van der Waals surface area contributed by atoms with Crippen LogP contribution in [0.1, 0.15) is 41.5 Å². The van der Waals surface area contributed by atoms with E-state index >= 15 is 0 Å². The van der Waals surface area contributed by atoms with E-state index in [4.69, 9.17) is 13.9 Å². The smallest absolute Gasteiger partial charge is 0.261 e. The molecule has 166 valence electrons. The molecule has 2 aromatic rings. The summed E-state index contributed by atoms with van der Waals surface area (Å²) in [5.41, 5.74) is -1.94. The quantitative estimate of drug-likeness (QED) is 0.570. The minimum absolute atomic E-state index is 0.137. The molecule has 0 radical (unpaired) electrons. The maximum Gasteiger partial charge on any atom is 0.261 e. The fourth-order valence-electron chi connectivity index (χ4n) is 5.19. The first kappa shape index (κ1) is 22.4. The van der Waals surface area contributed by atoms with E-state index in [2.05, 4.69) is 69.3 Å². The number of hydrogen-bond acceptors (Lipinski definition) is 4. The highest BCUT2D eigenvalue weighted by Gasteiger charge is 2.63. The lowest BCUT2D eigenvalue weighted by Gasteiger charge is -2.45. The molecule has 1 N–H and O–H groups in total. The molecule has 2 aromatic carbocycles. The molecule has 1 aliphatic heterocycles. The van der Waals surface area contributed by atoms with E-state index in [1.807, 2.05) is 32.1 Å². The van der Waals surface area contributed by atoms with Crippen LogP contribution in [0.3, 0.4) is 0 Å². The number of fused-ring (bicyclic) bond motifs is 1. The Morgan fingerprint density at radius 3 is 1.90 bits per heavy atom. The van der Waals surface area contributed by atoms with Crippen molar-refractivity contribution in [2.75, 3.05) is 6.61 Å². The van der Waals surface area contributed by atoms with E-state index in [1.165, 1.54) is 10.4 Å². The molecular formula is C26H34O4Si. The molecule has 1 fully saturated rings. The molecule has 4 rings (SSSR count). The van der Waals surface area contributed by atoms with Crippen LogP contribution in [0.25, 0.3) is 0 Å². The monoisotopic (exact) mass is 438 g/mol. The normalized spacial score (nSPS) is 29.8. The van der Waals surface area contributed by atoms with Crippen molar-refractivity contribution in [1.82, 2.24) is 0 Å². The molecule has 1 saturated heterocycles. The van der Waals surface area contributed by atoms with Crippen LogP contribution in [0.4, 0.5) is 0 Å².